The predicted molar refractivity (Wildman–Crippen MR) is 47.2 cm³/mol. The zero-order valence-corrected chi connectivity index (χ0v) is 7.53. The van der Waals surface area contributed by atoms with Crippen molar-refractivity contribution in [3.63, 3.8) is 0 Å². The minimum Gasteiger partial charge on any atom is -0.481 e. The second kappa shape index (κ2) is 6.46. The van der Waals surface area contributed by atoms with Gasteiger partial charge in [-0.3, -0.25) is 9.59 Å². The molecular formula is C9H15O4. The SMILES string of the molecule is [CH2]CCC(CCCC(=O)O)C(=O)O. The molecule has 4 nitrogen and oxygen atoms in total. The summed E-state index contributed by atoms with van der Waals surface area (Å²) in [6.07, 6.45) is 1.99. The number of carboxylic acids is 2. The highest BCUT2D eigenvalue weighted by molar-refractivity contribution is 5.70. The fourth-order valence-electron chi connectivity index (χ4n) is 1.14. The summed E-state index contributed by atoms with van der Waals surface area (Å²) in [6, 6.07) is 0. The molecule has 0 saturated carbocycles. The summed E-state index contributed by atoms with van der Waals surface area (Å²) in [6.45, 7) is 3.57. The monoisotopic (exact) mass is 187 g/mol. The molecule has 0 rings (SSSR count). The second-order valence-electron chi connectivity index (χ2n) is 2.96. The molecule has 0 spiro atoms. The van der Waals surface area contributed by atoms with Crippen LogP contribution in [0.25, 0.3) is 0 Å². The standard InChI is InChI=1S/C9H15O4/c1-2-4-7(9(12)13)5-3-6-8(10)11/h7H,1-6H2,(H,10,11)(H,12,13). The van der Waals surface area contributed by atoms with Crippen LogP contribution in [0.2, 0.25) is 0 Å². The summed E-state index contributed by atoms with van der Waals surface area (Å²) < 4.78 is 0. The largest absolute Gasteiger partial charge is 0.481 e. The molecule has 1 atom stereocenters. The quantitative estimate of drug-likeness (QED) is 0.634. The van der Waals surface area contributed by atoms with Crippen molar-refractivity contribution in [3.05, 3.63) is 6.92 Å². The van der Waals surface area contributed by atoms with Crippen LogP contribution in [0, 0.1) is 12.8 Å². The number of aliphatic carboxylic acids is 2. The van der Waals surface area contributed by atoms with E-state index in [2.05, 4.69) is 6.92 Å². The molecular weight excluding hydrogens is 172 g/mol. The number of carboxylic acid groups (broad SMARTS) is 2. The van der Waals surface area contributed by atoms with Gasteiger partial charge in [-0.05, 0) is 19.3 Å². The summed E-state index contributed by atoms with van der Waals surface area (Å²) in [5, 5.41) is 17.0. The molecule has 0 saturated heterocycles. The summed E-state index contributed by atoms with van der Waals surface area (Å²) >= 11 is 0. The topological polar surface area (TPSA) is 74.6 Å². The molecule has 0 aliphatic heterocycles. The van der Waals surface area contributed by atoms with E-state index in [1.54, 1.807) is 0 Å². The maximum atomic E-state index is 10.6. The molecule has 0 aliphatic carbocycles. The van der Waals surface area contributed by atoms with Crippen molar-refractivity contribution < 1.29 is 19.8 Å². The molecule has 75 valence electrons. The molecule has 13 heavy (non-hydrogen) atoms. The van der Waals surface area contributed by atoms with Gasteiger partial charge in [0.1, 0.15) is 0 Å². The zero-order valence-electron chi connectivity index (χ0n) is 7.53. The van der Waals surface area contributed by atoms with Gasteiger partial charge in [-0.25, -0.2) is 0 Å². The minimum atomic E-state index is -0.876. The number of hydrogen-bond donors (Lipinski definition) is 2. The average molecular weight is 187 g/mol. The van der Waals surface area contributed by atoms with Gasteiger partial charge < -0.3 is 10.2 Å². The number of rotatable bonds is 7. The van der Waals surface area contributed by atoms with Crippen LogP contribution in [0.4, 0.5) is 0 Å². The van der Waals surface area contributed by atoms with Crippen LogP contribution in [-0.4, -0.2) is 22.2 Å². The van der Waals surface area contributed by atoms with Gasteiger partial charge >= 0.3 is 11.9 Å². The Kier molecular flexibility index (Phi) is 5.93. The first-order valence-electron chi connectivity index (χ1n) is 4.31. The Morgan fingerprint density at radius 2 is 1.85 bits per heavy atom. The highest BCUT2D eigenvalue weighted by Gasteiger charge is 2.15. The van der Waals surface area contributed by atoms with Crippen molar-refractivity contribution in [3.8, 4) is 0 Å². The van der Waals surface area contributed by atoms with E-state index in [0.29, 0.717) is 25.7 Å². The third-order valence-corrected chi connectivity index (χ3v) is 1.85. The maximum absolute atomic E-state index is 10.6. The Bertz CT molecular complexity index is 176. The highest BCUT2D eigenvalue weighted by atomic mass is 16.4. The van der Waals surface area contributed by atoms with Crippen LogP contribution in [0.1, 0.15) is 32.1 Å². The van der Waals surface area contributed by atoms with Gasteiger partial charge in [-0.1, -0.05) is 13.3 Å². The molecule has 0 bridgehead atoms. The van der Waals surface area contributed by atoms with Gasteiger partial charge in [0.25, 0.3) is 0 Å². The lowest BCUT2D eigenvalue weighted by Gasteiger charge is -2.09. The number of hydrogen-bond acceptors (Lipinski definition) is 2. The van der Waals surface area contributed by atoms with Gasteiger partial charge in [-0.2, -0.15) is 0 Å². The van der Waals surface area contributed by atoms with Crippen molar-refractivity contribution in [1.29, 1.82) is 0 Å². The molecule has 0 aromatic carbocycles. The van der Waals surface area contributed by atoms with Crippen molar-refractivity contribution >= 4 is 11.9 Å². The molecule has 1 radical (unpaired) electrons. The molecule has 0 aromatic heterocycles. The molecule has 0 fully saturated rings. The van der Waals surface area contributed by atoms with E-state index in [1.165, 1.54) is 0 Å². The van der Waals surface area contributed by atoms with Crippen LogP contribution in [0.3, 0.4) is 0 Å². The average Bonchev–Trinajstić information content (AvgIpc) is 2.02. The number of carbonyl (C=O) groups is 2. The Morgan fingerprint density at radius 1 is 1.23 bits per heavy atom. The molecule has 2 N–H and O–H groups in total. The third-order valence-electron chi connectivity index (χ3n) is 1.85. The van der Waals surface area contributed by atoms with E-state index in [1.807, 2.05) is 0 Å². The van der Waals surface area contributed by atoms with E-state index >= 15 is 0 Å². The molecule has 0 aliphatic rings. The van der Waals surface area contributed by atoms with Crippen LogP contribution in [0.15, 0.2) is 0 Å². The zero-order chi connectivity index (χ0) is 10.3. The first-order chi connectivity index (χ1) is 6.07. The smallest absolute Gasteiger partial charge is 0.306 e. The van der Waals surface area contributed by atoms with Crippen molar-refractivity contribution in [1.82, 2.24) is 0 Å². The Morgan fingerprint density at radius 3 is 2.23 bits per heavy atom. The van der Waals surface area contributed by atoms with Crippen molar-refractivity contribution in [2.75, 3.05) is 0 Å². The normalized spacial score (nSPS) is 12.4. The lowest BCUT2D eigenvalue weighted by atomic mass is 9.97. The molecule has 1 unspecified atom stereocenters. The van der Waals surface area contributed by atoms with Crippen LogP contribution < -0.4 is 0 Å². The molecule has 4 heteroatoms. The van der Waals surface area contributed by atoms with Gasteiger partial charge in [-0.15, -0.1) is 0 Å². The predicted octanol–water partition coefficient (Wildman–Crippen LogP) is 1.56. The fraction of sp³-hybridized carbons (Fsp3) is 0.667. The van der Waals surface area contributed by atoms with Crippen molar-refractivity contribution in [2.24, 2.45) is 5.92 Å². The summed E-state index contributed by atoms with van der Waals surface area (Å²) in [7, 11) is 0. The van der Waals surface area contributed by atoms with E-state index in [9.17, 15) is 9.59 Å². The van der Waals surface area contributed by atoms with Gasteiger partial charge in [0.15, 0.2) is 0 Å². The Labute approximate surface area is 77.6 Å². The minimum absolute atomic E-state index is 0.0426. The first kappa shape index (κ1) is 11.9. The molecule has 0 amide bonds. The van der Waals surface area contributed by atoms with Gasteiger partial charge in [0, 0.05) is 6.42 Å². The van der Waals surface area contributed by atoms with Gasteiger partial charge in [0.2, 0.25) is 0 Å². The Hall–Kier alpha value is -1.06. The lowest BCUT2D eigenvalue weighted by molar-refractivity contribution is -0.143. The van der Waals surface area contributed by atoms with E-state index in [-0.39, 0.29) is 6.42 Å². The van der Waals surface area contributed by atoms with E-state index in [0.717, 1.165) is 0 Å². The third kappa shape index (κ3) is 6.13. The Balaban J connectivity index is 3.69. The van der Waals surface area contributed by atoms with Gasteiger partial charge in [0.05, 0.1) is 5.92 Å². The molecule has 0 heterocycles. The van der Waals surface area contributed by atoms with Crippen LogP contribution in [-0.2, 0) is 9.59 Å². The van der Waals surface area contributed by atoms with Crippen LogP contribution in [0.5, 0.6) is 0 Å². The van der Waals surface area contributed by atoms with E-state index < -0.39 is 17.9 Å². The van der Waals surface area contributed by atoms with Crippen LogP contribution >= 0.6 is 0 Å². The van der Waals surface area contributed by atoms with Crippen molar-refractivity contribution in [2.45, 2.75) is 32.1 Å². The summed E-state index contributed by atoms with van der Waals surface area (Å²) in [5.41, 5.74) is 0. The van der Waals surface area contributed by atoms with E-state index in [4.69, 9.17) is 10.2 Å². The fourth-order valence-corrected chi connectivity index (χ4v) is 1.14. The first-order valence-corrected chi connectivity index (χ1v) is 4.31. The lowest BCUT2D eigenvalue weighted by Crippen LogP contribution is -2.13. The molecule has 0 aromatic rings. The second-order valence-corrected chi connectivity index (χ2v) is 2.96. The summed E-state index contributed by atoms with van der Waals surface area (Å²) in [5.74, 6) is -2.16. The summed E-state index contributed by atoms with van der Waals surface area (Å²) in [4.78, 5) is 20.7. The highest BCUT2D eigenvalue weighted by Crippen LogP contribution is 2.14. The maximum Gasteiger partial charge on any atom is 0.306 e.